The Bertz CT molecular complexity index is 1050. The molecule has 34 heavy (non-hydrogen) atoms. The zero-order valence-corrected chi connectivity index (χ0v) is 20.9. The number of methoxy groups -OCH3 is 1. The van der Waals surface area contributed by atoms with E-state index in [4.69, 9.17) is 31.0 Å². The molecule has 10 heteroatoms. The molecule has 0 unspecified atom stereocenters. The fraction of sp³-hybridized carbons (Fsp3) is 0.458. The maximum Gasteiger partial charge on any atom is 0.229 e. The number of nitrogens with two attached hydrogens (primary N) is 2. The maximum absolute atomic E-state index is 9.14. The van der Waals surface area contributed by atoms with Gasteiger partial charge in [0.1, 0.15) is 23.3 Å². The second-order valence-electron chi connectivity index (χ2n) is 7.87. The molecule has 0 bridgehead atoms. The highest BCUT2D eigenvalue weighted by atomic mass is 32.1. The molecule has 0 aliphatic carbocycles. The Labute approximate surface area is 204 Å². The number of nitrogens with zero attached hydrogens (tertiary/aromatic N) is 4. The van der Waals surface area contributed by atoms with E-state index in [2.05, 4.69) is 28.7 Å². The fourth-order valence-corrected chi connectivity index (χ4v) is 4.69. The third-order valence-electron chi connectivity index (χ3n) is 5.17. The summed E-state index contributed by atoms with van der Waals surface area (Å²) in [6.07, 6.45) is 3.97. The van der Waals surface area contributed by atoms with Crippen LogP contribution in [-0.2, 0) is 13.0 Å². The zero-order valence-electron chi connectivity index (χ0n) is 20.1. The highest BCUT2D eigenvalue weighted by Gasteiger charge is 2.19. The SMILES string of the molecule is CCCCN(Cc1nc(-c2ccc(OC)c(OCCO)c2)sc1CCC)c1nc(N)cc(N)n1. The number of thiazole rings is 1. The number of unbranched alkanes of at least 4 members (excludes halogenated alkanes) is 1. The van der Waals surface area contributed by atoms with Gasteiger partial charge >= 0.3 is 0 Å². The van der Waals surface area contributed by atoms with E-state index in [1.807, 2.05) is 18.2 Å². The number of hydrogen-bond acceptors (Lipinski definition) is 10. The minimum absolute atomic E-state index is 0.0698. The summed E-state index contributed by atoms with van der Waals surface area (Å²) >= 11 is 1.68. The van der Waals surface area contributed by atoms with Gasteiger partial charge in [0.25, 0.3) is 0 Å². The van der Waals surface area contributed by atoms with E-state index in [-0.39, 0.29) is 13.2 Å². The number of aryl methyl sites for hydroxylation is 1. The topological polar surface area (TPSA) is 133 Å². The van der Waals surface area contributed by atoms with Crippen molar-refractivity contribution in [3.8, 4) is 22.1 Å². The van der Waals surface area contributed by atoms with E-state index in [0.29, 0.717) is 35.6 Å². The van der Waals surface area contributed by atoms with Crippen LogP contribution < -0.4 is 25.8 Å². The summed E-state index contributed by atoms with van der Waals surface area (Å²) in [7, 11) is 1.59. The van der Waals surface area contributed by atoms with Crippen LogP contribution in [0.2, 0.25) is 0 Å². The molecule has 5 N–H and O–H groups in total. The molecular formula is C24H34N6O3S. The molecule has 0 spiro atoms. The Kier molecular flexibility index (Phi) is 9.29. The zero-order chi connectivity index (χ0) is 24.5. The van der Waals surface area contributed by atoms with Gasteiger partial charge in [-0.15, -0.1) is 11.3 Å². The van der Waals surface area contributed by atoms with Crippen molar-refractivity contribution in [2.75, 3.05) is 43.2 Å². The first-order valence-electron chi connectivity index (χ1n) is 11.5. The molecule has 184 valence electrons. The fourth-order valence-electron chi connectivity index (χ4n) is 3.52. The minimum Gasteiger partial charge on any atom is -0.493 e. The van der Waals surface area contributed by atoms with Gasteiger partial charge < -0.3 is 30.9 Å². The summed E-state index contributed by atoms with van der Waals surface area (Å²) < 4.78 is 11.1. The molecule has 3 rings (SSSR count). The second-order valence-corrected chi connectivity index (χ2v) is 8.95. The molecule has 0 amide bonds. The smallest absolute Gasteiger partial charge is 0.229 e. The van der Waals surface area contributed by atoms with Crippen molar-refractivity contribution in [1.29, 1.82) is 0 Å². The monoisotopic (exact) mass is 486 g/mol. The van der Waals surface area contributed by atoms with Crippen LogP contribution in [0.1, 0.15) is 43.7 Å². The molecule has 2 heterocycles. The van der Waals surface area contributed by atoms with Gasteiger partial charge in [0.05, 0.1) is 26.0 Å². The third-order valence-corrected chi connectivity index (χ3v) is 6.38. The Balaban J connectivity index is 1.96. The number of aliphatic hydroxyl groups is 1. The van der Waals surface area contributed by atoms with Crippen LogP contribution in [0.4, 0.5) is 17.6 Å². The summed E-state index contributed by atoms with van der Waals surface area (Å²) in [5.41, 5.74) is 13.8. The van der Waals surface area contributed by atoms with E-state index < -0.39 is 0 Å². The molecule has 0 fully saturated rings. The van der Waals surface area contributed by atoms with E-state index in [1.54, 1.807) is 24.5 Å². The summed E-state index contributed by atoms with van der Waals surface area (Å²) in [6.45, 7) is 5.78. The number of benzene rings is 1. The average molecular weight is 487 g/mol. The number of anilines is 3. The Morgan fingerprint density at radius 3 is 2.44 bits per heavy atom. The molecule has 0 saturated heterocycles. The Morgan fingerprint density at radius 2 is 1.79 bits per heavy atom. The van der Waals surface area contributed by atoms with E-state index in [1.165, 1.54) is 4.88 Å². The predicted octanol–water partition coefficient (Wildman–Crippen LogP) is 3.90. The summed E-state index contributed by atoms with van der Waals surface area (Å²) in [6, 6.07) is 7.30. The van der Waals surface area contributed by atoms with Crippen LogP contribution in [0.5, 0.6) is 11.5 Å². The molecule has 2 aromatic heterocycles. The molecule has 9 nitrogen and oxygen atoms in total. The van der Waals surface area contributed by atoms with Crippen molar-refractivity contribution < 1.29 is 14.6 Å². The number of aromatic nitrogens is 3. The first-order valence-corrected chi connectivity index (χ1v) is 12.4. The Morgan fingerprint density at radius 1 is 1.03 bits per heavy atom. The number of rotatable bonds is 13. The Hall–Kier alpha value is -3.11. The van der Waals surface area contributed by atoms with Crippen molar-refractivity contribution in [2.24, 2.45) is 0 Å². The first-order chi connectivity index (χ1) is 16.5. The average Bonchev–Trinajstić information content (AvgIpc) is 3.22. The van der Waals surface area contributed by atoms with Crippen LogP contribution in [0.15, 0.2) is 24.3 Å². The van der Waals surface area contributed by atoms with Gasteiger partial charge in [-0.05, 0) is 31.0 Å². The molecule has 0 atom stereocenters. The van der Waals surface area contributed by atoms with Gasteiger partial charge in [0, 0.05) is 23.1 Å². The minimum atomic E-state index is -0.0698. The maximum atomic E-state index is 9.14. The quantitative estimate of drug-likeness (QED) is 0.329. The number of hydrogen-bond donors (Lipinski definition) is 3. The lowest BCUT2D eigenvalue weighted by atomic mass is 10.2. The van der Waals surface area contributed by atoms with Crippen molar-refractivity contribution in [2.45, 2.75) is 46.1 Å². The van der Waals surface area contributed by atoms with Gasteiger partial charge in [0.15, 0.2) is 11.5 Å². The van der Waals surface area contributed by atoms with Gasteiger partial charge in [-0.2, -0.15) is 9.97 Å². The van der Waals surface area contributed by atoms with Crippen LogP contribution in [0.3, 0.4) is 0 Å². The highest BCUT2D eigenvalue weighted by Crippen LogP contribution is 2.36. The lowest BCUT2D eigenvalue weighted by molar-refractivity contribution is 0.196. The van der Waals surface area contributed by atoms with Crippen LogP contribution in [0.25, 0.3) is 10.6 Å². The molecule has 1 aromatic carbocycles. The predicted molar refractivity (Wildman–Crippen MR) is 137 cm³/mol. The molecular weight excluding hydrogens is 452 g/mol. The second kappa shape index (κ2) is 12.4. The van der Waals surface area contributed by atoms with Crippen molar-refractivity contribution >= 4 is 28.9 Å². The summed E-state index contributed by atoms with van der Waals surface area (Å²) in [5.74, 6) is 2.42. The highest BCUT2D eigenvalue weighted by molar-refractivity contribution is 7.15. The standard InChI is InChI=1S/C24H34N6O3S/c1-4-6-10-30(24-28-21(25)14-22(26)29-24)15-17-20(7-5-2)34-23(27-17)16-8-9-18(32-3)19(13-16)33-12-11-31/h8-9,13-14,31H,4-7,10-12,15H2,1-3H3,(H4,25,26,28,29). The van der Waals surface area contributed by atoms with Gasteiger partial charge in [-0.1, -0.05) is 26.7 Å². The van der Waals surface area contributed by atoms with Crippen molar-refractivity contribution in [1.82, 2.24) is 15.0 Å². The molecule has 0 aliphatic rings. The van der Waals surface area contributed by atoms with Crippen molar-refractivity contribution in [3.05, 3.63) is 34.8 Å². The molecule has 0 aliphatic heterocycles. The van der Waals surface area contributed by atoms with E-state index in [9.17, 15) is 0 Å². The molecule has 0 saturated carbocycles. The summed E-state index contributed by atoms with van der Waals surface area (Å²) in [5, 5.41) is 10.0. The number of aliphatic hydroxyl groups excluding tert-OH is 1. The van der Waals surface area contributed by atoms with Crippen LogP contribution >= 0.6 is 11.3 Å². The number of nitrogen functional groups attached to an aromatic ring is 2. The molecule has 0 radical (unpaired) electrons. The number of ether oxygens (including phenoxy) is 2. The first kappa shape index (κ1) is 25.5. The van der Waals surface area contributed by atoms with Gasteiger partial charge in [0.2, 0.25) is 5.95 Å². The summed E-state index contributed by atoms with van der Waals surface area (Å²) in [4.78, 5) is 17.2. The van der Waals surface area contributed by atoms with Crippen molar-refractivity contribution in [3.63, 3.8) is 0 Å². The largest absolute Gasteiger partial charge is 0.493 e. The van der Waals surface area contributed by atoms with Crippen LogP contribution in [-0.4, -0.2) is 46.9 Å². The third kappa shape index (κ3) is 6.48. The molecule has 3 aromatic rings. The van der Waals surface area contributed by atoms with E-state index >= 15 is 0 Å². The lowest BCUT2D eigenvalue weighted by Gasteiger charge is -2.22. The van der Waals surface area contributed by atoms with E-state index in [0.717, 1.165) is 48.5 Å². The van der Waals surface area contributed by atoms with Gasteiger partial charge in [-0.3, -0.25) is 0 Å². The normalized spacial score (nSPS) is 10.9. The van der Waals surface area contributed by atoms with Crippen LogP contribution in [0, 0.1) is 0 Å². The van der Waals surface area contributed by atoms with Gasteiger partial charge in [-0.25, -0.2) is 4.98 Å². The lowest BCUT2D eigenvalue weighted by Crippen LogP contribution is -2.27.